The molecule has 2 aliphatic carbocycles. The van der Waals surface area contributed by atoms with Crippen molar-refractivity contribution < 1.29 is 19.2 Å². The van der Waals surface area contributed by atoms with E-state index in [1.807, 2.05) is 43.3 Å². The second-order valence-electron chi connectivity index (χ2n) is 8.62. The summed E-state index contributed by atoms with van der Waals surface area (Å²) in [6, 6.07) is 7.91. The Labute approximate surface area is 203 Å². The third-order valence-electron chi connectivity index (χ3n) is 6.53. The molecule has 8 heteroatoms. The molecular weight excluding hydrogens is 432 g/mol. The Hall–Kier alpha value is -3.29. The van der Waals surface area contributed by atoms with Crippen molar-refractivity contribution in [3.8, 4) is 0 Å². The topological polar surface area (TPSA) is 90.4 Å². The monoisotopic (exact) mass is 470 g/mol. The summed E-state index contributed by atoms with van der Waals surface area (Å²) >= 11 is 0. The Morgan fingerprint density at radius 2 is 1.32 bits per heavy atom. The molecule has 4 unspecified atom stereocenters. The standard InChI is InChI=1S/C10H11NO2.C9H12N2.C5H7NO2.2CH4/c1-11-9(12)7-5-2-3-6(4-5)8(7)10(11)13;1-10-8-6-4-5-7-9(8)11(2)3;1-6-4(7)2-3-5(6)8;;/h2-3,5-8H,4H2,1H3;4-7H,1H2,2-3H3;2-3H2,1H3;2*1H4. The van der Waals surface area contributed by atoms with Crippen LogP contribution in [0.1, 0.15) is 34.1 Å². The number of allylic oxidation sites excluding steroid dienone is 2. The zero-order valence-electron chi connectivity index (χ0n) is 19.0. The molecular formula is C26H38N4O4. The van der Waals surface area contributed by atoms with E-state index >= 15 is 0 Å². The van der Waals surface area contributed by atoms with E-state index in [2.05, 4.69) is 23.9 Å². The predicted octanol–water partition coefficient (Wildman–Crippen LogP) is 3.55. The Morgan fingerprint density at radius 1 is 0.853 bits per heavy atom. The van der Waals surface area contributed by atoms with Crippen LogP contribution in [0.25, 0.3) is 0 Å². The summed E-state index contributed by atoms with van der Waals surface area (Å²) in [4.78, 5) is 52.7. The quantitative estimate of drug-likeness (QED) is 0.375. The molecule has 4 aliphatic rings. The number of carbonyl (C=O) groups excluding carboxylic acids is 4. The van der Waals surface area contributed by atoms with Crippen molar-refractivity contribution in [3.05, 3.63) is 36.4 Å². The van der Waals surface area contributed by atoms with Crippen LogP contribution in [0.2, 0.25) is 0 Å². The summed E-state index contributed by atoms with van der Waals surface area (Å²) in [6.07, 6.45) is 6.03. The van der Waals surface area contributed by atoms with Crippen LogP contribution in [0, 0.1) is 23.7 Å². The number of hydrogen-bond donors (Lipinski definition) is 0. The fourth-order valence-corrected chi connectivity index (χ4v) is 4.72. The zero-order chi connectivity index (χ0) is 23.6. The molecule has 34 heavy (non-hydrogen) atoms. The number of aliphatic imine (C=N–C) groups is 1. The minimum absolute atomic E-state index is 0. The van der Waals surface area contributed by atoms with E-state index < -0.39 is 0 Å². The van der Waals surface area contributed by atoms with Crippen molar-refractivity contribution in [1.82, 2.24) is 9.80 Å². The van der Waals surface area contributed by atoms with Crippen LogP contribution in [0.3, 0.4) is 0 Å². The smallest absolute Gasteiger partial charge is 0.233 e. The first-order valence-corrected chi connectivity index (χ1v) is 10.7. The van der Waals surface area contributed by atoms with Crippen molar-refractivity contribution in [2.75, 3.05) is 33.1 Å². The Kier molecular flexibility index (Phi) is 9.91. The number of carbonyl (C=O) groups is 4. The van der Waals surface area contributed by atoms with Gasteiger partial charge in [-0.25, -0.2) is 0 Å². The van der Waals surface area contributed by atoms with Gasteiger partial charge >= 0.3 is 0 Å². The van der Waals surface area contributed by atoms with Gasteiger partial charge in [-0.2, -0.15) is 0 Å². The zero-order valence-corrected chi connectivity index (χ0v) is 19.0. The van der Waals surface area contributed by atoms with Crippen molar-refractivity contribution >= 4 is 41.7 Å². The number of anilines is 1. The van der Waals surface area contributed by atoms with Gasteiger partial charge in [0.05, 0.1) is 23.2 Å². The third kappa shape index (κ3) is 5.43. The van der Waals surface area contributed by atoms with Crippen LogP contribution < -0.4 is 4.90 Å². The van der Waals surface area contributed by atoms with Crippen LogP contribution >= 0.6 is 0 Å². The van der Waals surface area contributed by atoms with E-state index in [4.69, 9.17) is 0 Å². The molecule has 4 amide bonds. The minimum Gasteiger partial charge on any atom is -0.376 e. The van der Waals surface area contributed by atoms with Gasteiger partial charge in [0.1, 0.15) is 0 Å². The highest BCUT2D eigenvalue weighted by Crippen LogP contribution is 2.52. The molecule has 4 atom stereocenters. The lowest BCUT2D eigenvalue weighted by Crippen LogP contribution is -2.28. The molecule has 0 radical (unpaired) electrons. The maximum atomic E-state index is 11.7. The highest BCUT2D eigenvalue weighted by molar-refractivity contribution is 6.06. The van der Waals surface area contributed by atoms with E-state index in [-0.39, 0.29) is 50.3 Å². The van der Waals surface area contributed by atoms with E-state index in [1.54, 1.807) is 7.05 Å². The molecule has 0 N–H and O–H groups in total. The van der Waals surface area contributed by atoms with Gasteiger partial charge in [0.25, 0.3) is 0 Å². The number of nitrogens with zero attached hydrogens (tertiary/aromatic N) is 4. The molecule has 5 rings (SSSR count). The molecule has 2 saturated heterocycles. The van der Waals surface area contributed by atoms with E-state index in [1.165, 1.54) is 16.8 Å². The van der Waals surface area contributed by atoms with Crippen LogP contribution in [0.15, 0.2) is 41.4 Å². The fraction of sp³-hybridized carbons (Fsp3) is 0.500. The molecule has 3 fully saturated rings. The van der Waals surface area contributed by atoms with Crippen molar-refractivity contribution in [3.63, 3.8) is 0 Å². The number of para-hydroxylation sites is 2. The molecule has 8 nitrogen and oxygen atoms in total. The van der Waals surface area contributed by atoms with Crippen LogP contribution in [0.5, 0.6) is 0 Å². The van der Waals surface area contributed by atoms with Gasteiger partial charge in [0, 0.05) is 41.0 Å². The highest BCUT2D eigenvalue weighted by Gasteiger charge is 2.58. The van der Waals surface area contributed by atoms with Gasteiger partial charge < -0.3 is 4.90 Å². The predicted molar refractivity (Wildman–Crippen MR) is 136 cm³/mol. The van der Waals surface area contributed by atoms with Gasteiger partial charge in [-0.3, -0.25) is 34.0 Å². The van der Waals surface area contributed by atoms with Gasteiger partial charge in [-0.1, -0.05) is 39.1 Å². The SMILES string of the molecule is C.C.C=Nc1ccccc1N(C)C.CN1C(=O)C2C3C=CC(C3)C2C1=O.CN1C(=O)CCC1=O. The van der Waals surface area contributed by atoms with Gasteiger partial charge in [-0.15, -0.1) is 0 Å². The van der Waals surface area contributed by atoms with Crippen molar-refractivity contribution in [2.45, 2.75) is 34.1 Å². The highest BCUT2D eigenvalue weighted by atomic mass is 16.2. The Balaban J connectivity index is 0.000000255. The largest absolute Gasteiger partial charge is 0.376 e. The second kappa shape index (κ2) is 11.7. The minimum atomic E-state index is -0.0602. The Bertz CT molecular complexity index is 925. The van der Waals surface area contributed by atoms with Crippen LogP contribution in [-0.4, -0.2) is 68.3 Å². The first kappa shape index (κ1) is 28.7. The van der Waals surface area contributed by atoms with Crippen LogP contribution in [-0.2, 0) is 19.2 Å². The summed E-state index contributed by atoms with van der Waals surface area (Å²) in [7, 11) is 7.09. The number of hydrogen-bond acceptors (Lipinski definition) is 6. The number of fused-ring (bicyclic) bond motifs is 5. The number of amides is 4. The first-order chi connectivity index (χ1) is 15.2. The second-order valence-corrected chi connectivity index (χ2v) is 8.62. The van der Waals surface area contributed by atoms with Gasteiger partial charge in [0.2, 0.25) is 23.6 Å². The number of likely N-dealkylation sites (tertiary alicyclic amines) is 2. The normalized spacial score (nSPS) is 25.5. The third-order valence-corrected chi connectivity index (χ3v) is 6.53. The lowest BCUT2D eigenvalue weighted by molar-refractivity contribution is -0.139. The lowest BCUT2D eigenvalue weighted by atomic mass is 9.85. The van der Waals surface area contributed by atoms with Gasteiger partial charge in [-0.05, 0) is 37.1 Å². The average molecular weight is 471 g/mol. The average Bonchev–Trinajstić information content (AvgIpc) is 3.54. The van der Waals surface area contributed by atoms with E-state index in [0.29, 0.717) is 24.7 Å². The molecule has 186 valence electrons. The van der Waals surface area contributed by atoms with E-state index in [0.717, 1.165) is 17.8 Å². The van der Waals surface area contributed by atoms with Crippen molar-refractivity contribution in [1.29, 1.82) is 0 Å². The molecule has 1 aromatic carbocycles. The summed E-state index contributed by atoms with van der Waals surface area (Å²) in [5.74, 6) is 0.594. The molecule has 0 aromatic heterocycles. The maximum Gasteiger partial charge on any atom is 0.233 e. The maximum absolute atomic E-state index is 11.7. The number of benzene rings is 1. The van der Waals surface area contributed by atoms with Gasteiger partial charge in [0.15, 0.2) is 0 Å². The Morgan fingerprint density at radius 3 is 1.68 bits per heavy atom. The number of rotatable bonds is 2. The molecule has 1 aromatic rings. The molecule has 2 aliphatic heterocycles. The molecule has 1 saturated carbocycles. The molecule has 2 bridgehead atoms. The lowest BCUT2D eigenvalue weighted by Gasteiger charge is -2.14. The number of imide groups is 2. The molecule has 0 spiro atoms. The van der Waals surface area contributed by atoms with Crippen LogP contribution in [0.4, 0.5) is 11.4 Å². The molecule has 2 heterocycles. The van der Waals surface area contributed by atoms with E-state index in [9.17, 15) is 19.2 Å². The summed E-state index contributed by atoms with van der Waals surface area (Å²) in [6.45, 7) is 3.50. The van der Waals surface area contributed by atoms with Crippen molar-refractivity contribution in [2.24, 2.45) is 28.7 Å². The summed E-state index contributed by atoms with van der Waals surface area (Å²) in [5.41, 5.74) is 2.03. The fourth-order valence-electron chi connectivity index (χ4n) is 4.72. The first-order valence-electron chi connectivity index (χ1n) is 10.7. The summed E-state index contributed by atoms with van der Waals surface area (Å²) in [5, 5.41) is 0. The summed E-state index contributed by atoms with van der Waals surface area (Å²) < 4.78 is 0.